The van der Waals surface area contributed by atoms with Gasteiger partial charge < -0.3 is 14.4 Å². The van der Waals surface area contributed by atoms with Crippen molar-refractivity contribution < 1.29 is 14.3 Å². The van der Waals surface area contributed by atoms with Crippen LogP contribution in [-0.4, -0.2) is 73.3 Å². The van der Waals surface area contributed by atoms with Gasteiger partial charge in [-0.3, -0.25) is 9.69 Å². The molecule has 3 aliphatic rings. The number of piperidine rings is 1. The molecule has 1 amide bonds. The Balaban J connectivity index is 1.39. The zero-order chi connectivity index (χ0) is 15.4. The fraction of sp³-hybridized carbons (Fsp3) is 0.941. The number of carbonyl (C=O) groups excluding carboxylic acids is 1. The summed E-state index contributed by atoms with van der Waals surface area (Å²) in [6.07, 6.45) is 6.84. The minimum atomic E-state index is 0.250. The molecule has 0 radical (unpaired) electrons. The Morgan fingerprint density at radius 1 is 1.23 bits per heavy atom. The average molecular weight is 310 g/mol. The van der Waals surface area contributed by atoms with Crippen LogP contribution in [0.2, 0.25) is 0 Å². The second-order valence-electron chi connectivity index (χ2n) is 7.00. The van der Waals surface area contributed by atoms with Gasteiger partial charge in [-0.2, -0.15) is 0 Å². The fourth-order valence-corrected chi connectivity index (χ4v) is 3.99. The van der Waals surface area contributed by atoms with Gasteiger partial charge in [-0.25, -0.2) is 0 Å². The number of fused-ring (bicyclic) bond motifs is 1. The van der Waals surface area contributed by atoms with Gasteiger partial charge in [0.15, 0.2) is 0 Å². The molecule has 126 valence electrons. The number of piperazine rings is 1. The van der Waals surface area contributed by atoms with Crippen molar-refractivity contribution in [3.8, 4) is 0 Å². The van der Waals surface area contributed by atoms with Crippen LogP contribution in [0.1, 0.15) is 45.4 Å². The van der Waals surface area contributed by atoms with Crippen molar-refractivity contribution in [3.63, 3.8) is 0 Å². The van der Waals surface area contributed by atoms with E-state index in [1.54, 1.807) is 0 Å². The molecule has 3 aliphatic heterocycles. The maximum absolute atomic E-state index is 12.5. The van der Waals surface area contributed by atoms with Crippen LogP contribution in [0.25, 0.3) is 0 Å². The molecule has 3 rings (SSSR count). The summed E-state index contributed by atoms with van der Waals surface area (Å²) in [5.41, 5.74) is 0. The van der Waals surface area contributed by atoms with Gasteiger partial charge in [-0.05, 0) is 39.2 Å². The van der Waals surface area contributed by atoms with E-state index in [9.17, 15) is 4.79 Å². The Kier molecular flexibility index (Phi) is 5.71. The van der Waals surface area contributed by atoms with E-state index in [1.807, 2.05) is 0 Å². The summed E-state index contributed by atoms with van der Waals surface area (Å²) >= 11 is 0. The molecule has 0 saturated carbocycles. The minimum Gasteiger partial charge on any atom is -0.378 e. The number of amides is 1. The number of ether oxygens (including phenoxy) is 2. The third kappa shape index (κ3) is 4.00. The molecular formula is C17H30N2O3. The van der Waals surface area contributed by atoms with Crippen molar-refractivity contribution in [1.29, 1.82) is 0 Å². The quantitative estimate of drug-likeness (QED) is 0.724. The van der Waals surface area contributed by atoms with Crippen LogP contribution in [0.5, 0.6) is 0 Å². The van der Waals surface area contributed by atoms with Crippen molar-refractivity contribution >= 4 is 5.91 Å². The molecule has 3 saturated heterocycles. The second-order valence-corrected chi connectivity index (χ2v) is 7.00. The van der Waals surface area contributed by atoms with E-state index in [4.69, 9.17) is 9.47 Å². The zero-order valence-electron chi connectivity index (χ0n) is 13.8. The number of hydrogen-bond donors (Lipinski definition) is 0. The van der Waals surface area contributed by atoms with Gasteiger partial charge in [0, 0.05) is 31.8 Å². The predicted molar refractivity (Wildman–Crippen MR) is 84.8 cm³/mol. The van der Waals surface area contributed by atoms with E-state index in [1.165, 1.54) is 25.8 Å². The van der Waals surface area contributed by atoms with E-state index in [0.717, 1.165) is 32.5 Å². The Hall–Kier alpha value is -0.650. The molecule has 3 atom stereocenters. The highest BCUT2D eigenvalue weighted by Crippen LogP contribution is 2.24. The van der Waals surface area contributed by atoms with Crippen LogP contribution >= 0.6 is 0 Å². The van der Waals surface area contributed by atoms with Gasteiger partial charge in [-0.1, -0.05) is 6.42 Å². The van der Waals surface area contributed by atoms with Gasteiger partial charge in [0.05, 0.1) is 25.7 Å². The largest absolute Gasteiger partial charge is 0.378 e. The number of hydrogen-bond acceptors (Lipinski definition) is 4. The summed E-state index contributed by atoms with van der Waals surface area (Å²) in [7, 11) is 0. The highest BCUT2D eigenvalue weighted by molar-refractivity contribution is 5.76. The Labute approximate surface area is 133 Å². The van der Waals surface area contributed by atoms with Crippen molar-refractivity contribution in [3.05, 3.63) is 0 Å². The maximum Gasteiger partial charge on any atom is 0.225 e. The maximum atomic E-state index is 12.5. The van der Waals surface area contributed by atoms with Gasteiger partial charge in [-0.15, -0.1) is 0 Å². The van der Waals surface area contributed by atoms with E-state index in [-0.39, 0.29) is 12.0 Å². The smallest absolute Gasteiger partial charge is 0.225 e. The Bertz CT molecular complexity index is 371. The standard InChI is InChI=1S/C17H30N2O3/c1-14-11-18-8-3-2-5-15(18)12-19(14)17(20)7-10-21-13-16-6-4-9-22-16/h14-16H,2-13H2,1H3. The molecular weight excluding hydrogens is 280 g/mol. The van der Waals surface area contributed by atoms with E-state index in [2.05, 4.69) is 16.7 Å². The normalized spacial score (nSPS) is 33.0. The second kappa shape index (κ2) is 7.75. The molecule has 0 spiro atoms. The van der Waals surface area contributed by atoms with E-state index >= 15 is 0 Å². The first-order valence-corrected chi connectivity index (χ1v) is 8.97. The summed E-state index contributed by atoms with van der Waals surface area (Å²) in [4.78, 5) is 17.1. The molecule has 0 aliphatic carbocycles. The number of nitrogens with zero attached hydrogens (tertiary/aromatic N) is 2. The molecule has 22 heavy (non-hydrogen) atoms. The van der Waals surface area contributed by atoms with Crippen LogP contribution in [0.3, 0.4) is 0 Å². The van der Waals surface area contributed by atoms with Crippen LogP contribution in [-0.2, 0) is 14.3 Å². The molecule has 5 heteroatoms. The third-order valence-corrected chi connectivity index (χ3v) is 5.30. The van der Waals surface area contributed by atoms with Gasteiger partial charge in [0.2, 0.25) is 5.91 Å². The van der Waals surface area contributed by atoms with Crippen molar-refractivity contribution in [2.24, 2.45) is 0 Å². The van der Waals surface area contributed by atoms with Crippen molar-refractivity contribution in [2.75, 3.05) is 39.5 Å². The van der Waals surface area contributed by atoms with Crippen LogP contribution in [0, 0.1) is 0 Å². The third-order valence-electron chi connectivity index (χ3n) is 5.30. The lowest BCUT2D eigenvalue weighted by atomic mass is 9.97. The summed E-state index contributed by atoms with van der Waals surface area (Å²) in [5, 5.41) is 0. The summed E-state index contributed by atoms with van der Waals surface area (Å²) < 4.78 is 11.2. The zero-order valence-corrected chi connectivity index (χ0v) is 13.8. The molecule has 0 aromatic rings. The van der Waals surface area contributed by atoms with E-state index < -0.39 is 0 Å². The van der Waals surface area contributed by atoms with E-state index in [0.29, 0.717) is 31.7 Å². The first-order chi connectivity index (χ1) is 10.7. The van der Waals surface area contributed by atoms with Gasteiger partial charge >= 0.3 is 0 Å². The molecule has 5 nitrogen and oxygen atoms in total. The summed E-state index contributed by atoms with van der Waals surface area (Å²) in [6.45, 7) is 7.35. The summed E-state index contributed by atoms with van der Waals surface area (Å²) in [6, 6.07) is 0.918. The Morgan fingerprint density at radius 3 is 2.95 bits per heavy atom. The SMILES string of the molecule is CC1CN2CCCCC2CN1C(=O)CCOCC1CCCO1. The molecule has 3 fully saturated rings. The highest BCUT2D eigenvalue weighted by Gasteiger charge is 2.34. The highest BCUT2D eigenvalue weighted by atomic mass is 16.5. The first-order valence-electron chi connectivity index (χ1n) is 8.97. The molecule has 0 bridgehead atoms. The van der Waals surface area contributed by atoms with Crippen molar-refractivity contribution in [2.45, 2.75) is 63.6 Å². The van der Waals surface area contributed by atoms with Crippen LogP contribution in [0.15, 0.2) is 0 Å². The minimum absolute atomic E-state index is 0.250. The Morgan fingerprint density at radius 2 is 2.14 bits per heavy atom. The summed E-state index contributed by atoms with van der Waals surface area (Å²) in [5.74, 6) is 0.255. The lowest BCUT2D eigenvalue weighted by Gasteiger charge is -2.47. The topological polar surface area (TPSA) is 42.0 Å². The fourth-order valence-electron chi connectivity index (χ4n) is 3.99. The number of carbonyl (C=O) groups is 1. The molecule has 0 aromatic carbocycles. The van der Waals surface area contributed by atoms with Gasteiger partial charge in [0.1, 0.15) is 0 Å². The predicted octanol–water partition coefficient (Wildman–Crippen LogP) is 1.66. The monoisotopic (exact) mass is 310 g/mol. The van der Waals surface area contributed by atoms with Crippen molar-refractivity contribution in [1.82, 2.24) is 9.80 Å². The van der Waals surface area contributed by atoms with Crippen LogP contribution in [0.4, 0.5) is 0 Å². The molecule has 0 N–H and O–H groups in total. The van der Waals surface area contributed by atoms with Gasteiger partial charge in [0.25, 0.3) is 0 Å². The number of rotatable bonds is 5. The molecule has 3 heterocycles. The van der Waals surface area contributed by atoms with Crippen LogP contribution < -0.4 is 0 Å². The molecule has 0 aromatic heterocycles. The lowest BCUT2D eigenvalue weighted by Crippen LogP contribution is -2.60. The lowest BCUT2D eigenvalue weighted by molar-refractivity contribution is -0.139. The molecule has 3 unspecified atom stereocenters. The average Bonchev–Trinajstić information content (AvgIpc) is 3.04. The first kappa shape index (κ1) is 16.2.